The van der Waals surface area contributed by atoms with E-state index in [1.165, 1.54) is 22.3 Å². The molecule has 24 heavy (non-hydrogen) atoms. The fourth-order valence-electron chi connectivity index (χ4n) is 2.28. The molecule has 2 heteroatoms. The number of rotatable bonds is 6. The van der Waals surface area contributed by atoms with Crippen LogP contribution in [0.3, 0.4) is 0 Å². The van der Waals surface area contributed by atoms with Crippen molar-refractivity contribution < 1.29 is 4.43 Å². The van der Waals surface area contributed by atoms with Gasteiger partial charge in [0.1, 0.15) is 0 Å². The van der Waals surface area contributed by atoms with Gasteiger partial charge in [0.15, 0.2) is 8.32 Å². The second-order valence-corrected chi connectivity index (χ2v) is 14.0. The Kier molecular flexibility index (Phi) is 7.07. The molecule has 136 valence electrons. The normalized spacial score (nSPS) is 13.9. The molecule has 0 spiro atoms. The van der Waals surface area contributed by atoms with E-state index in [4.69, 9.17) is 4.43 Å². The molecule has 0 atom stereocenters. The molecular formula is C22H38OSi. The highest BCUT2D eigenvalue weighted by Gasteiger charge is 2.36. The van der Waals surface area contributed by atoms with Crippen LogP contribution in [0.1, 0.15) is 83.9 Å². The van der Waals surface area contributed by atoms with Crippen molar-refractivity contribution in [2.24, 2.45) is 0 Å². The largest absolute Gasteiger partial charge is 0.413 e. The zero-order chi connectivity index (χ0) is 18.7. The summed E-state index contributed by atoms with van der Waals surface area (Å²) in [4.78, 5) is 0. The maximum Gasteiger partial charge on any atom is 0.192 e. The Morgan fingerprint density at radius 3 is 1.83 bits per heavy atom. The molecule has 0 N–H and O–H groups in total. The van der Waals surface area contributed by atoms with E-state index in [9.17, 15) is 0 Å². The average Bonchev–Trinajstić information content (AvgIpc) is 2.45. The van der Waals surface area contributed by atoms with E-state index < -0.39 is 8.32 Å². The first kappa shape index (κ1) is 21.2. The van der Waals surface area contributed by atoms with Gasteiger partial charge in [-0.25, -0.2) is 0 Å². The molecule has 0 aromatic heterocycles. The molecule has 0 heterocycles. The lowest BCUT2D eigenvalue weighted by atomic mass is 9.91. The first-order chi connectivity index (χ1) is 10.8. The minimum atomic E-state index is -1.67. The Balaban J connectivity index is 3.00. The van der Waals surface area contributed by atoms with Gasteiger partial charge in [-0.05, 0) is 59.2 Å². The zero-order valence-corrected chi connectivity index (χ0v) is 18.6. The number of benzene rings is 1. The Labute approximate surface area is 151 Å². The van der Waals surface area contributed by atoms with Gasteiger partial charge < -0.3 is 4.43 Å². The van der Waals surface area contributed by atoms with Crippen molar-refractivity contribution in [3.8, 4) is 0 Å². The standard InChI is InChI=1S/C22H38OSi/c1-16(2)19-13-20(17(3)4)15-21(14-19)18(5)11-12-23-24(9,10)22(6,7)8/h11,13-17H,12H2,1-10H3/b18-11-. The SMILES string of the molecule is C/C(=C/CO[Si](C)(C)C(C)(C)C)c1cc(C(C)C)cc(C(C)C)c1. The van der Waals surface area contributed by atoms with Crippen LogP contribution in [0.5, 0.6) is 0 Å². The predicted molar refractivity (Wildman–Crippen MR) is 111 cm³/mol. The number of hydrogen-bond acceptors (Lipinski definition) is 1. The molecule has 0 radical (unpaired) electrons. The van der Waals surface area contributed by atoms with Crippen LogP contribution in [0.2, 0.25) is 18.1 Å². The molecule has 0 saturated carbocycles. The van der Waals surface area contributed by atoms with Crippen LogP contribution in [0, 0.1) is 0 Å². The molecular weight excluding hydrogens is 308 g/mol. The molecule has 0 aliphatic rings. The Bertz CT molecular complexity index is 548. The van der Waals surface area contributed by atoms with Crippen LogP contribution in [0.15, 0.2) is 24.3 Å². The van der Waals surface area contributed by atoms with Crippen molar-refractivity contribution in [3.63, 3.8) is 0 Å². The molecule has 0 fully saturated rings. The van der Waals surface area contributed by atoms with Crippen LogP contribution in [0.4, 0.5) is 0 Å². The molecule has 0 aliphatic carbocycles. The molecule has 0 unspecified atom stereocenters. The monoisotopic (exact) mass is 346 g/mol. The Morgan fingerprint density at radius 2 is 1.46 bits per heavy atom. The number of allylic oxidation sites excluding steroid dienone is 1. The van der Waals surface area contributed by atoms with Crippen LogP contribution in [-0.2, 0) is 4.43 Å². The van der Waals surface area contributed by atoms with E-state index in [-0.39, 0.29) is 5.04 Å². The minimum absolute atomic E-state index is 0.261. The third-order valence-corrected chi connectivity index (χ3v) is 9.91. The summed E-state index contributed by atoms with van der Waals surface area (Å²) in [7, 11) is -1.67. The van der Waals surface area contributed by atoms with Crippen molar-refractivity contribution in [1.29, 1.82) is 0 Å². The quantitative estimate of drug-likeness (QED) is 0.489. The summed E-state index contributed by atoms with van der Waals surface area (Å²) in [6.07, 6.45) is 2.25. The first-order valence-corrected chi connectivity index (χ1v) is 12.2. The van der Waals surface area contributed by atoms with E-state index in [1.807, 2.05) is 0 Å². The molecule has 1 nitrogen and oxygen atoms in total. The van der Waals surface area contributed by atoms with Crippen LogP contribution in [-0.4, -0.2) is 14.9 Å². The average molecular weight is 347 g/mol. The van der Waals surface area contributed by atoms with Gasteiger partial charge in [-0.2, -0.15) is 0 Å². The van der Waals surface area contributed by atoms with Gasteiger partial charge in [-0.3, -0.25) is 0 Å². The second-order valence-electron chi connectivity index (χ2n) is 9.16. The third-order valence-electron chi connectivity index (χ3n) is 5.41. The molecule has 0 saturated heterocycles. The minimum Gasteiger partial charge on any atom is -0.413 e. The molecule has 1 aromatic rings. The highest BCUT2D eigenvalue weighted by atomic mass is 28.4. The smallest absolute Gasteiger partial charge is 0.192 e. The van der Waals surface area contributed by atoms with Gasteiger partial charge in [0, 0.05) is 0 Å². The van der Waals surface area contributed by atoms with E-state index >= 15 is 0 Å². The van der Waals surface area contributed by atoms with Gasteiger partial charge in [0.25, 0.3) is 0 Å². The highest BCUT2D eigenvalue weighted by molar-refractivity contribution is 6.74. The molecule has 0 aliphatic heterocycles. The van der Waals surface area contributed by atoms with Crippen molar-refractivity contribution >= 4 is 13.9 Å². The van der Waals surface area contributed by atoms with Crippen molar-refractivity contribution in [2.75, 3.05) is 6.61 Å². The van der Waals surface area contributed by atoms with Gasteiger partial charge in [-0.1, -0.05) is 72.7 Å². The van der Waals surface area contributed by atoms with Gasteiger partial charge in [-0.15, -0.1) is 0 Å². The van der Waals surface area contributed by atoms with E-state index in [0.717, 1.165) is 0 Å². The van der Waals surface area contributed by atoms with Crippen molar-refractivity contribution in [1.82, 2.24) is 0 Å². The summed E-state index contributed by atoms with van der Waals surface area (Å²) in [6, 6.07) is 7.04. The summed E-state index contributed by atoms with van der Waals surface area (Å²) in [6.45, 7) is 23.5. The summed E-state index contributed by atoms with van der Waals surface area (Å²) in [5.41, 5.74) is 5.50. The lowest BCUT2D eigenvalue weighted by Gasteiger charge is -2.35. The van der Waals surface area contributed by atoms with E-state index in [2.05, 4.69) is 92.8 Å². The fourth-order valence-corrected chi connectivity index (χ4v) is 3.21. The number of hydrogen-bond donors (Lipinski definition) is 0. The van der Waals surface area contributed by atoms with E-state index in [0.29, 0.717) is 18.4 Å². The molecule has 1 aromatic carbocycles. The van der Waals surface area contributed by atoms with Gasteiger partial charge >= 0.3 is 0 Å². The Hall–Kier alpha value is -0.863. The maximum atomic E-state index is 6.30. The molecule has 1 rings (SSSR count). The van der Waals surface area contributed by atoms with E-state index in [1.54, 1.807) is 0 Å². The molecule has 0 amide bonds. The van der Waals surface area contributed by atoms with Gasteiger partial charge in [0.2, 0.25) is 0 Å². The Morgan fingerprint density at radius 1 is 1.00 bits per heavy atom. The maximum absolute atomic E-state index is 6.30. The summed E-state index contributed by atoms with van der Waals surface area (Å²) in [5.74, 6) is 1.11. The zero-order valence-electron chi connectivity index (χ0n) is 17.6. The van der Waals surface area contributed by atoms with Crippen molar-refractivity contribution in [2.45, 2.75) is 85.4 Å². The molecule has 0 bridgehead atoms. The highest BCUT2D eigenvalue weighted by Crippen LogP contribution is 2.36. The summed E-state index contributed by atoms with van der Waals surface area (Å²) in [5, 5.41) is 0.261. The lowest BCUT2D eigenvalue weighted by molar-refractivity contribution is 0.328. The van der Waals surface area contributed by atoms with Gasteiger partial charge in [0.05, 0.1) is 6.61 Å². The van der Waals surface area contributed by atoms with Crippen molar-refractivity contribution in [3.05, 3.63) is 41.0 Å². The summed E-state index contributed by atoms with van der Waals surface area (Å²) < 4.78 is 6.30. The fraction of sp³-hybridized carbons (Fsp3) is 0.636. The predicted octanol–water partition coefficient (Wildman–Crippen LogP) is 7.36. The van der Waals surface area contributed by atoms with Crippen LogP contribution < -0.4 is 0 Å². The second kappa shape index (κ2) is 8.01. The lowest BCUT2D eigenvalue weighted by Crippen LogP contribution is -2.40. The first-order valence-electron chi connectivity index (χ1n) is 9.31. The summed E-state index contributed by atoms with van der Waals surface area (Å²) >= 11 is 0. The van der Waals surface area contributed by atoms with Crippen LogP contribution in [0.25, 0.3) is 5.57 Å². The topological polar surface area (TPSA) is 9.23 Å². The third kappa shape index (κ3) is 5.60. The van der Waals surface area contributed by atoms with Crippen LogP contribution >= 0.6 is 0 Å².